The quantitative estimate of drug-likeness (QED) is 0.784. The molecule has 1 heterocycles. The third-order valence-electron chi connectivity index (χ3n) is 3.58. The fourth-order valence-corrected chi connectivity index (χ4v) is 2.18. The van der Waals surface area contributed by atoms with E-state index in [0.29, 0.717) is 6.54 Å². The number of piperidine rings is 1. The standard InChI is InChI=1S/C14H17FN2/c1-14(11-16)6-8-17(9-7-14)10-12-4-2-3-5-13(12)15/h2-5H,6-10H2,1H3. The van der Waals surface area contributed by atoms with Crippen LogP contribution in [-0.2, 0) is 6.54 Å². The predicted octanol–water partition coefficient (Wildman–Crippen LogP) is 2.95. The SMILES string of the molecule is CC1(C#N)CCN(Cc2ccccc2F)CC1. The van der Waals surface area contributed by atoms with Gasteiger partial charge in [-0.1, -0.05) is 18.2 Å². The molecule has 1 aliphatic heterocycles. The highest BCUT2D eigenvalue weighted by Crippen LogP contribution is 2.30. The molecular formula is C14H17FN2. The van der Waals surface area contributed by atoms with Gasteiger partial charge in [0.25, 0.3) is 0 Å². The Kier molecular flexibility index (Phi) is 3.44. The molecule has 1 aromatic carbocycles. The van der Waals surface area contributed by atoms with Gasteiger partial charge in [-0.05, 0) is 38.9 Å². The van der Waals surface area contributed by atoms with Crippen molar-refractivity contribution in [2.45, 2.75) is 26.3 Å². The smallest absolute Gasteiger partial charge is 0.127 e. The number of rotatable bonds is 2. The van der Waals surface area contributed by atoms with Crippen LogP contribution in [0.5, 0.6) is 0 Å². The van der Waals surface area contributed by atoms with Gasteiger partial charge >= 0.3 is 0 Å². The minimum absolute atomic E-state index is 0.138. The first-order valence-electron chi connectivity index (χ1n) is 6.00. The second-order valence-corrected chi connectivity index (χ2v) is 5.04. The van der Waals surface area contributed by atoms with Crippen molar-refractivity contribution in [3.63, 3.8) is 0 Å². The molecule has 90 valence electrons. The maximum Gasteiger partial charge on any atom is 0.127 e. The van der Waals surface area contributed by atoms with Gasteiger partial charge in [0.15, 0.2) is 0 Å². The first-order chi connectivity index (χ1) is 8.13. The van der Waals surface area contributed by atoms with Gasteiger partial charge in [0.05, 0.1) is 11.5 Å². The van der Waals surface area contributed by atoms with Crippen molar-refractivity contribution >= 4 is 0 Å². The Morgan fingerprint density at radius 3 is 2.59 bits per heavy atom. The summed E-state index contributed by atoms with van der Waals surface area (Å²) in [4.78, 5) is 2.22. The fraction of sp³-hybridized carbons (Fsp3) is 0.500. The molecule has 2 rings (SSSR count). The maximum absolute atomic E-state index is 13.5. The highest BCUT2D eigenvalue weighted by Gasteiger charge is 2.29. The normalized spacial score (nSPS) is 19.8. The van der Waals surface area contributed by atoms with Crippen LogP contribution in [0.3, 0.4) is 0 Å². The van der Waals surface area contributed by atoms with Gasteiger partial charge in [-0.2, -0.15) is 5.26 Å². The van der Waals surface area contributed by atoms with Gasteiger partial charge in [-0.3, -0.25) is 4.90 Å². The summed E-state index contributed by atoms with van der Waals surface area (Å²) in [5.74, 6) is -0.138. The second-order valence-electron chi connectivity index (χ2n) is 5.04. The van der Waals surface area contributed by atoms with Gasteiger partial charge in [-0.25, -0.2) is 4.39 Å². The molecule has 1 fully saturated rings. The molecule has 0 saturated carbocycles. The zero-order chi connectivity index (χ0) is 12.3. The van der Waals surface area contributed by atoms with E-state index in [9.17, 15) is 4.39 Å². The molecule has 0 spiro atoms. The van der Waals surface area contributed by atoms with Crippen molar-refractivity contribution < 1.29 is 4.39 Å². The highest BCUT2D eigenvalue weighted by molar-refractivity contribution is 5.17. The van der Waals surface area contributed by atoms with E-state index in [1.807, 2.05) is 19.1 Å². The number of hydrogen-bond donors (Lipinski definition) is 0. The Labute approximate surface area is 102 Å². The van der Waals surface area contributed by atoms with Crippen LogP contribution in [0.4, 0.5) is 4.39 Å². The van der Waals surface area contributed by atoms with Crippen LogP contribution < -0.4 is 0 Å². The molecule has 2 nitrogen and oxygen atoms in total. The van der Waals surface area contributed by atoms with E-state index in [2.05, 4.69) is 11.0 Å². The number of benzene rings is 1. The molecule has 1 saturated heterocycles. The predicted molar refractivity (Wildman–Crippen MR) is 64.6 cm³/mol. The van der Waals surface area contributed by atoms with E-state index in [1.54, 1.807) is 6.07 Å². The third kappa shape index (κ3) is 2.83. The molecule has 0 amide bonds. The van der Waals surface area contributed by atoms with Crippen molar-refractivity contribution in [2.75, 3.05) is 13.1 Å². The van der Waals surface area contributed by atoms with Crippen LogP contribution in [0.1, 0.15) is 25.3 Å². The molecule has 3 heteroatoms. The lowest BCUT2D eigenvalue weighted by molar-refractivity contribution is 0.149. The van der Waals surface area contributed by atoms with Gasteiger partial charge in [0.1, 0.15) is 5.82 Å². The van der Waals surface area contributed by atoms with E-state index in [0.717, 1.165) is 31.5 Å². The maximum atomic E-state index is 13.5. The van der Waals surface area contributed by atoms with E-state index in [1.165, 1.54) is 6.07 Å². The van der Waals surface area contributed by atoms with E-state index >= 15 is 0 Å². The molecule has 0 radical (unpaired) electrons. The number of nitrogens with zero attached hydrogens (tertiary/aromatic N) is 2. The number of nitriles is 1. The van der Waals surface area contributed by atoms with Crippen LogP contribution in [0.15, 0.2) is 24.3 Å². The number of hydrogen-bond acceptors (Lipinski definition) is 2. The summed E-state index contributed by atoms with van der Waals surface area (Å²) < 4.78 is 13.5. The lowest BCUT2D eigenvalue weighted by atomic mass is 9.82. The van der Waals surface area contributed by atoms with E-state index in [-0.39, 0.29) is 11.2 Å². The minimum atomic E-state index is -0.189. The van der Waals surface area contributed by atoms with Crippen molar-refractivity contribution in [2.24, 2.45) is 5.41 Å². The van der Waals surface area contributed by atoms with Crippen LogP contribution in [-0.4, -0.2) is 18.0 Å². The van der Waals surface area contributed by atoms with Crippen molar-refractivity contribution in [1.29, 1.82) is 5.26 Å². The van der Waals surface area contributed by atoms with Crippen LogP contribution in [0, 0.1) is 22.6 Å². The van der Waals surface area contributed by atoms with Gasteiger partial charge in [0, 0.05) is 12.1 Å². The number of likely N-dealkylation sites (tertiary alicyclic amines) is 1. The zero-order valence-corrected chi connectivity index (χ0v) is 10.1. The first-order valence-corrected chi connectivity index (χ1v) is 6.00. The molecule has 0 unspecified atom stereocenters. The Morgan fingerprint density at radius 1 is 1.35 bits per heavy atom. The van der Waals surface area contributed by atoms with E-state index in [4.69, 9.17) is 5.26 Å². The summed E-state index contributed by atoms with van der Waals surface area (Å²) >= 11 is 0. The summed E-state index contributed by atoms with van der Waals surface area (Å²) in [6.07, 6.45) is 1.75. The third-order valence-corrected chi connectivity index (χ3v) is 3.58. The van der Waals surface area contributed by atoms with Gasteiger partial charge in [-0.15, -0.1) is 0 Å². The Morgan fingerprint density at radius 2 is 2.00 bits per heavy atom. The van der Waals surface area contributed by atoms with Crippen molar-refractivity contribution in [3.05, 3.63) is 35.6 Å². The lowest BCUT2D eigenvalue weighted by Crippen LogP contribution is -2.37. The molecule has 0 aliphatic carbocycles. The summed E-state index contributed by atoms with van der Waals surface area (Å²) in [6.45, 7) is 4.40. The highest BCUT2D eigenvalue weighted by atomic mass is 19.1. The van der Waals surface area contributed by atoms with Crippen LogP contribution >= 0.6 is 0 Å². The summed E-state index contributed by atoms with van der Waals surface area (Å²) in [5.41, 5.74) is 0.555. The monoisotopic (exact) mass is 232 g/mol. The Bertz CT molecular complexity index is 428. The number of halogens is 1. The van der Waals surface area contributed by atoms with Crippen molar-refractivity contribution in [3.8, 4) is 6.07 Å². The Hall–Kier alpha value is -1.40. The average Bonchev–Trinajstić information content (AvgIpc) is 2.35. The molecule has 0 bridgehead atoms. The molecule has 0 aromatic heterocycles. The second kappa shape index (κ2) is 4.85. The average molecular weight is 232 g/mol. The van der Waals surface area contributed by atoms with Gasteiger partial charge in [0.2, 0.25) is 0 Å². The van der Waals surface area contributed by atoms with Crippen LogP contribution in [0.2, 0.25) is 0 Å². The minimum Gasteiger partial charge on any atom is -0.299 e. The molecular weight excluding hydrogens is 215 g/mol. The van der Waals surface area contributed by atoms with E-state index < -0.39 is 0 Å². The first kappa shape index (κ1) is 12.1. The summed E-state index contributed by atoms with van der Waals surface area (Å²) in [7, 11) is 0. The topological polar surface area (TPSA) is 27.0 Å². The zero-order valence-electron chi connectivity index (χ0n) is 10.1. The molecule has 1 aromatic rings. The fourth-order valence-electron chi connectivity index (χ4n) is 2.18. The summed E-state index contributed by atoms with van der Waals surface area (Å²) in [5, 5.41) is 9.04. The Balaban J connectivity index is 1.95. The largest absolute Gasteiger partial charge is 0.299 e. The molecule has 0 N–H and O–H groups in total. The molecule has 0 atom stereocenters. The van der Waals surface area contributed by atoms with Crippen molar-refractivity contribution in [1.82, 2.24) is 4.90 Å². The molecule has 17 heavy (non-hydrogen) atoms. The van der Waals surface area contributed by atoms with Gasteiger partial charge < -0.3 is 0 Å². The molecule has 1 aliphatic rings. The summed E-state index contributed by atoms with van der Waals surface area (Å²) in [6, 6.07) is 9.27. The van der Waals surface area contributed by atoms with Crippen LogP contribution in [0.25, 0.3) is 0 Å². The lowest BCUT2D eigenvalue weighted by Gasteiger charge is -2.34.